The fraction of sp³-hybridized carbons (Fsp3) is 0.0588. The van der Waals surface area contributed by atoms with Crippen molar-refractivity contribution in [1.29, 1.82) is 0 Å². The SMILES string of the molecule is Cc1ccc(C(=O)O)cc1NC(=O)c1ncn(-c2ccccc2)n1. The van der Waals surface area contributed by atoms with Crippen LogP contribution < -0.4 is 5.32 Å². The highest BCUT2D eigenvalue weighted by Gasteiger charge is 2.14. The van der Waals surface area contributed by atoms with Crippen LogP contribution in [0.15, 0.2) is 54.9 Å². The number of aromatic carboxylic acids is 1. The van der Waals surface area contributed by atoms with Gasteiger partial charge < -0.3 is 10.4 Å². The van der Waals surface area contributed by atoms with Gasteiger partial charge in [0.05, 0.1) is 11.3 Å². The van der Waals surface area contributed by atoms with E-state index < -0.39 is 11.9 Å². The molecular formula is C17H14N4O3. The molecule has 2 aromatic carbocycles. The Labute approximate surface area is 137 Å². The average Bonchev–Trinajstić information content (AvgIpc) is 3.07. The van der Waals surface area contributed by atoms with E-state index in [1.54, 1.807) is 13.0 Å². The fourth-order valence-electron chi connectivity index (χ4n) is 2.14. The third-order valence-electron chi connectivity index (χ3n) is 3.45. The molecule has 7 heteroatoms. The van der Waals surface area contributed by atoms with Gasteiger partial charge in [-0.2, -0.15) is 0 Å². The third-order valence-corrected chi connectivity index (χ3v) is 3.45. The van der Waals surface area contributed by atoms with Crippen molar-refractivity contribution in [1.82, 2.24) is 14.8 Å². The summed E-state index contributed by atoms with van der Waals surface area (Å²) < 4.78 is 1.50. The van der Waals surface area contributed by atoms with Gasteiger partial charge in [-0.1, -0.05) is 24.3 Å². The Balaban J connectivity index is 1.82. The number of carbonyl (C=O) groups is 2. The lowest BCUT2D eigenvalue weighted by Crippen LogP contribution is -2.15. The lowest BCUT2D eigenvalue weighted by molar-refractivity contribution is 0.0696. The average molecular weight is 322 g/mol. The summed E-state index contributed by atoms with van der Waals surface area (Å²) in [6.07, 6.45) is 1.45. The summed E-state index contributed by atoms with van der Waals surface area (Å²) in [5.74, 6) is -1.56. The first-order chi connectivity index (χ1) is 11.5. The molecule has 0 spiro atoms. The van der Waals surface area contributed by atoms with Crippen molar-refractivity contribution in [2.45, 2.75) is 6.92 Å². The van der Waals surface area contributed by atoms with Crippen LogP contribution in [0.2, 0.25) is 0 Å². The largest absolute Gasteiger partial charge is 0.478 e. The number of anilines is 1. The summed E-state index contributed by atoms with van der Waals surface area (Å²) >= 11 is 0. The number of hydrogen-bond donors (Lipinski definition) is 2. The van der Waals surface area contributed by atoms with Crippen molar-refractivity contribution in [3.63, 3.8) is 0 Å². The number of rotatable bonds is 4. The Morgan fingerprint density at radius 3 is 2.58 bits per heavy atom. The van der Waals surface area contributed by atoms with E-state index in [1.165, 1.54) is 23.1 Å². The first-order valence-electron chi connectivity index (χ1n) is 7.17. The smallest absolute Gasteiger partial charge is 0.335 e. The number of carboxylic acids is 1. The molecule has 0 saturated heterocycles. The molecule has 2 N–H and O–H groups in total. The zero-order valence-corrected chi connectivity index (χ0v) is 12.8. The van der Waals surface area contributed by atoms with Crippen LogP contribution in [0.1, 0.15) is 26.5 Å². The van der Waals surface area contributed by atoms with Gasteiger partial charge in [0, 0.05) is 5.69 Å². The van der Waals surface area contributed by atoms with Gasteiger partial charge >= 0.3 is 5.97 Å². The summed E-state index contributed by atoms with van der Waals surface area (Å²) in [4.78, 5) is 27.3. The molecule has 0 atom stereocenters. The van der Waals surface area contributed by atoms with Crippen molar-refractivity contribution in [3.8, 4) is 5.69 Å². The Hall–Kier alpha value is -3.48. The molecule has 0 aliphatic rings. The Morgan fingerprint density at radius 1 is 1.12 bits per heavy atom. The van der Waals surface area contributed by atoms with E-state index in [9.17, 15) is 9.59 Å². The van der Waals surface area contributed by atoms with E-state index in [4.69, 9.17) is 5.11 Å². The zero-order valence-electron chi connectivity index (χ0n) is 12.8. The second kappa shape index (κ2) is 6.33. The van der Waals surface area contributed by atoms with Gasteiger partial charge in [-0.3, -0.25) is 4.79 Å². The highest BCUT2D eigenvalue weighted by Crippen LogP contribution is 2.17. The molecular weight excluding hydrogens is 308 g/mol. The maximum Gasteiger partial charge on any atom is 0.335 e. The Kier molecular flexibility index (Phi) is 4.07. The van der Waals surface area contributed by atoms with Crippen LogP contribution in [0.4, 0.5) is 5.69 Å². The maximum absolute atomic E-state index is 12.3. The molecule has 1 aromatic heterocycles. The quantitative estimate of drug-likeness (QED) is 0.769. The number of benzene rings is 2. The van der Waals surface area contributed by atoms with Gasteiger partial charge in [0.1, 0.15) is 6.33 Å². The molecule has 1 heterocycles. The molecule has 3 rings (SSSR count). The van der Waals surface area contributed by atoms with E-state index in [-0.39, 0.29) is 11.4 Å². The molecule has 0 radical (unpaired) electrons. The van der Waals surface area contributed by atoms with Gasteiger partial charge in [0.2, 0.25) is 5.82 Å². The van der Waals surface area contributed by atoms with Crippen molar-refractivity contribution in [3.05, 3.63) is 71.8 Å². The number of carbonyl (C=O) groups excluding carboxylic acids is 1. The molecule has 3 aromatic rings. The first-order valence-corrected chi connectivity index (χ1v) is 7.17. The minimum absolute atomic E-state index is 0.000943. The zero-order chi connectivity index (χ0) is 17.1. The number of carboxylic acid groups (broad SMARTS) is 1. The van der Waals surface area contributed by atoms with Crippen LogP contribution in [0.25, 0.3) is 5.69 Å². The summed E-state index contributed by atoms with van der Waals surface area (Å²) in [6.45, 7) is 1.78. The number of nitrogens with zero attached hydrogens (tertiary/aromatic N) is 3. The number of hydrogen-bond acceptors (Lipinski definition) is 4. The molecule has 0 bridgehead atoms. The highest BCUT2D eigenvalue weighted by molar-refractivity contribution is 6.02. The molecule has 120 valence electrons. The molecule has 0 aliphatic carbocycles. The summed E-state index contributed by atoms with van der Waals surface area (Å²) in [5, 5.41) is 15.8. The molecule has 0 saturated carbocycles. The van der Waals surface area contributed by atoms with E-state index in [1.807, 2.05) is 30.3 Å². The van der Waals surface area contributed by atoms with E-state index >= 15 is 0 Å². The van der Waals surface area contributed by atoms with E-state index in [0.717, 1.165) is 11.3 Å². The number of para-hydroxylation sites is 1. The van der Waals surface area contributed by atoms with Crippen LogP contribution in [-0.4, -0.2) is 31.7 Å². The van der Waals surface area contributed by atoms with Gasteiger partial charge in [0.25, 0.3) is 5.91 Å². The number of amides is 1. The van der Waals surface area contributed by atoms with Crippen molar-refractivity contribution in [2.75, 3.05) is 5.32 Å². The molecule has 7 nitrogen and oxygen atoms in total. The van der Waals surface area contributed by atoms with E-state index in [2.05, 4.69) is 15.4 Å². The number of aromatic nitrogens is 3. The van der Waals surface area contributed by atoms with Crippen LogP contribution in [-0.2, 0) is 0 Å². The van der Waals surface area contributed by atoms with Crippen LogP contribution in [0, 0.1) is 6.92 Å². The topological polar surface area (TPSA) is 97.1 Å². The van der Waals surface area contributed by atoms with Crippen LogP contribution >= 0.6 is 0 Å². The van der Waals surface area contributed by atoms with Crippen LogP contribution in [0.3, 0.4) is 0 Å². The molecule has 0 fully saturated rings. The first kappa shape index (κ1) is 15.4. The van der Waals surface area contributed by atoms with Gasteiger partial charge in [-0.25, -0.2) is 14.5 Å². The third kappa shape index (κ3) is 3.14. The molecule has 24 heavy (non-hydrogen) atoms. The minimum atomic E-state index is -1.06. The molecule has 0 unspecified atom stereocenters. The maximum atomic E-state index is 12.3. The Bertz CT molecular complexity index is 903. The lowest BCUT2D eigenvalue weighted by Gasteiger charge is -2.07. The Morgan fingerprint density at radius 2 is 1.88 bits per heavy atom. The highest BCUT2D eigenvalue weighted by atomic mass is 16.4. The standard InChI is InChI=1S/C17H14N4O3/c1-11-7-8-12(17(23)24)9-14(11)19-16(22)15-18-10-21(20-15)13-5-3-2-4-6-13/h2-10H,1H3,(H,19,22)(H,23,24). The second-order valence-electron chi connectivity index (χ2n) is 5.14. The van der Waals surface area contributed by atoms with Crippen LogP contribution in [0.5, 0.6) is 0 Å². The predicted octanol–water partition coefficient (Wildman–Crippen LogP) is 2.53. The van der Waals surface area contributed by atoms with Gasteiger partial charge in [-0.15, -0.1) is 5.10 Å². The number of aryl methyl sites for hydroxylation is 1. The van der Waals surface area contributed by atoms with Gasteiger partial charge in [0.15, 0.2) is 0 Å². The second-order valence-corrected chi connectivity index (χ2v) is 5.14. The van der Waals surface area contributed by atoms with Crippen molar-refractivity contribution >= 4 is 17.6 Å². The number of nitrogens with one attached hydrogen (secondary N) is 1. The fourth-order valence-corrected chi connectivity index (χ4v) is 2.14. The monoisotopic (exact) mass is 322 g/mol. The summed E-state index contributed by atoms with van der Waals surface area (Å²) in [5.41, 5.74) is 2.04. The van der Waals surface area contributed by atoms with E-state index in [0.29, 0.717) is 5.69 Å². The minimum Gasteiger partial charge on any atom is -0.478 e. The van der Waals surface area contributed by atoms with Crippen molar-refractivity contribution < 1.29 is 14.7 Å². The predicted molar refractivity (Wildman–Crippen MR) is 87.5 cm³/mol. The molecule has 1 amide bonds. The van der Waals surface area contributed by atoms with Crippen molar-refractivity contribution in [2.24, 2.45) is 0 Å². The normalized spacial score (nSPS) is 10.4. The molecule has 0 aliphatic heterocycles. The van der Waals surface area contributed by atoms with Gasteiger partial charge in [-0.05, 0) is 36.8 Å². The lowest BCUT2D eigenvalue weighted by atomic mass is 10.1. The summed E-state index contributed by atoms with van der Waals surface area (Å²) in [6, 6.07) is 13.8. The summed E-state index contributed by atoms with van der Waals surface area (Å²) in [7, 11) is 0.